The molecule has 0 atom stereocenters. The zero-order valence-corrected chi connectivity index (χ0v) is 14.7. The van der Waals surface area contributed by atoms with Crippen LogP contribution in [-0.4, -0.2) is 49.9 Å². The number of rotatable bonds is 2. The van der Waals surface area contributed by atoms with Crippen LogP contribution in [0.1, 0.15) is 38.5 Å². The molecule has 2 fully saturated rings. The third-order valence-electron chi connectivity index (χ3n) is 5.47. The second-order valence-corrected chi connectivity index (χ2v) is 7.15. The Hall–Kier alpha value is -2.11. The molecule has 1 saturated heterocycles. The first-order valence-electron chi connectivity index (χ1n) is 9.50. The number of piperazine rings is 1. The predicted octanol–water partition coefficient (Wildman–Crippen LogP) is 2.97. The number of benzene rings is 1. The van der Waals surface area contributed by atoms with E-state index in [0.717, 1.165) is 56.2 Å². The molecule has 3 aliphatic rings. The van der Waals surface area contributed by atoms with Crippen molar-refractivity contribution >= 4 is 11.7 Å². The first-order valence-corrected chi connectivity index (χ1v) is 9.50. The van der Waals surface area contributed by atoms with Crippen molar-refractivity contribution in [2.75, 3.05) is 37.9 Å². The summed E-state index contributed by atoms with van der Waals surface area (Å²) < 4.78 is 10.8. The van der Waals surface area contributed by atoms with E-state index in [4.69, 9.17) is 9.47 Å². The quantitative estimate of drug-likeness (QED) is 0.838. The molecular formula is C19H27N3O3. The fourth-order valence-corrected chi connectivity index (χ4v) is 3.94. The fraction of sp³-hybridized carbons (Fsp3) is 0.632. The number of hydrogen-bond acceptors (Lipinski definition) is 4. The molecular weight excluding hydrogens is 318 g/mol. The summed E-state index contributed by atoms with van der Waals surface area (Å²) in [6, 6.07) is 6.53. The standard InChI is InChI=1S/C19H27N3O3/c23-19(20-15-5-3-1-2-4-6-15)22-11-9-21(10-12-22)16-7-8-17-18(13-16)25-14-24-17/h7-8,13,15H,1-6,9-12,14H2,(H,20,23). The maximum Gasteiger partial charge on any atom is 0.317 e. The van der Waals surface area contributed by atoms with Gasteiger partial charge in [-0.25, -0.2) is 4.79 Å². The van der Waals surface area contributed by atoms with Crippen molar-refractivity contribution in [3.63, 3.8) is 0 Å². The monoisotopic (exact) mass is 345 g/mol. The first kappa shape index (κ1) is 16.4. The molecule has 6 nitrogen and oxygen atoms in total. The van der Waals surface area contributed by atoms with Gasteiger partial charge in [0.25, 0.3) is 0 Å². The SMILES string of the molecule is O=C(NC1CCCCCC1)N1CCN(c2ccc3c(c2)OCO3)CC1. The normalized spacial score (nSPS) is 21.1. The van der Waals surface area contributed by atoms with Crippen molar-refractivity contribution in [3.8, 4) is 11.5 Å². The second-order valence-electron chi connectivity index (χ2n) is 7.15. The van der Waals surface area contributed by atoms with Gasteiger partial charge in [0, 0.05) is 44.0 Å². The third kappa shape index (κ3) is 3.78. The van der Waals surface area contributed by atoms with Gasteiger partial charge in [0.15, 0.2) is 11.5 Å². The smallest absolute Gasteiger partial charge is 0.317 e. The number of carbonyl (C=O) groups is 1. The van der Waals surface area contributed by atoms with Crippen LogP contribution in [0.3, 0.4) is 0 Å². The maximum atomic E-state index is 12.5. The highest BCUT2D eigenvalue weighted by Crippen LogP contribution is 2.35. The van der Waals surface area contributed by atoms with Gasteiger partial charge in [-0.2, -0.15) is 0 Å². The van der Waals surface area contributed by atoms with Crippen molar-refractivity contribution in [1.29, 1.82) is 0 Å². The Morgan fingerprint density at radius 3 is 2.44 bits per heavy atom. The van der Waals surface area contributed by atoms with E-state index in [-0.39, 0.29) is 6.03 Å². The Balaban J connectivity index is 1.29. The summed E-state index contributed by atoms with van der Waals surface area (Å²) in [5.41, 5.74) is 1.13. The maximum absolute atomic E-state index is 12.5. The molecule has 0 spiro atoms. The molecule has 1 N–H and O–H groups in total. The Morgan fingerprint density at radius 1 is 0.960 bits per heavy atom. The van der Waals surface area contributed by atoms with Crippen LogP contribution in [-0.2, 0) is 0 Å². The Bertz CT molecular complexity index is 606. The summed E-state index contributed by atoms with van der Waals surface area (Å²) in [5.74, 6) is 1.62. The molecule has 0 aromatic heterocycles. The predicted molar refractivity (Wildman–Crippen MR) is 96.4 cm³/mol. The number of nitrogens with zero attached hydrogens (tertiary/aromatic N) is 2. The highest BCUT2D eigenvalue weighted by Gasteiger charge is 2.24. The molecule has 6 heteroatoms. The van der Waals surface area contributed by atoms with Crippen molar-refractivity contribution < 1.29 is 14.3 Å². The number of carbonyl (C=O) groups excluding carboxylic acids is 1. The number of anilines is 1. The number of hydrogen-bond donors (Lipinski definition) is 1. The summed E-state index contributed by atoms with van der Waals surface area (Å²) in [6.07, 6.45) is 7.35. The summed E-state index contributed by atoms with van der Waals surface area (Å²) in [4.78, 5) is 16.8. The van der Waals surface area contributed by atoms with Gasteiger partial charge in [0.2, 0.25) is 6.79 Å². The Kier molecular flexibility index (Phi) is 4.85. The lowest BCUT2D eigenvalue weighted by Crippen LogP contribution is -2.53. The number of ether oxygens (including phenoxy) is 2. The lowest BCUT2D eigenvalue weighted by atomic mass is 10.1. The van der Waals surface area contributed by atoms with Crippen molar-refractivity contribution in [1.82, 2.24) is 10.2 Å². The summed E-state index contributed by atoms with van der Waals surface area (Å²) in [6.45, 7) is 3.50. The molecule has 0 bridgehead atoms. The van der Waals surface area contributed by atoms with Gasteiger partial charge < -0.3 is 24.6 Å². The first-order chi connectivity index (χ1) is 12.3. The van der Waals surface area contributed by atoms with Gasteiger partial charge in [-0.05, 0) is 25.0 Å². The number of amides is 2. The molecule has 0 radical (unpaired) electrons. The van der Waals surface area contributed by atoms with E-state index >= 15 is 0 Å². The Morgan fingerprint density at radius 2 is 1.68 bits per heavy atom. The largest absolute Gasteiger partial charge is 0.454 e. The van der Waals surface area contributed by atoms with Crippen molar-refractivity contribution in [3.05, 3.63) is 18.2 Å². The molecule has 1 saturated carbocycles. The minimum Gasteiger partial charge on any atom is -0.454 e. The Labute approximate surface area is 149 Å². The molecule has 4 rings (SSSR count). The van der Waals surface area contributed by atoms with Crippen LogP contribution in [0.15, 0.2) is 18.2 Å². The zero-order chi connectivity index (χ0) is 17.1. The minimum absolute atomic E-state index is 0.109. The van der Waals surface area contributed by atoms with Crippen LogP contribution in [0.2, 0.25) is 0 Å². The van der Waals surface area contributed by atoms with E-state index in [1.54, 1.807) is 0 Å². The fourth-order valence-electron chi connectivity index (χ4n) is 3.94. The minimum atomic E-state index is 0.109. The summed E-state index contributed by atoms with van der Waals surface area (Å²) >= 11 is 0. The van der Waals surface area contributed by atoms with Crippen LogP contribution >= 0.6 is 0 Å². The lowest BCUT2D eigenvalue weighted by Gasteiger charge is -2.36. The summed E-state index contributed by atoms with van der Waals surface area (Å²) in [5, 5.41) is 3.25. The van der Waals surface area contributed by atoms with E-state index in [9.17, 15) is 4.79 Å². The van der Waals surface area contributed by atoms with Crippen LogP contribution in [0.4, 0.5) is 10.5 Å². The highest BCUT2D eigenvalue weighted by molar-refractivity contribution is 5.75. The van der Waals surface area contributed by atoms with Gasteiger partial charge in [-0.15, -0.1) is 0 Å². The molecule has 2 aliphatic heterocycles. The second kappa shape index (κ2) is 7.42. The number of nitrogens with one attached hydrogen (secondary N) is 1. The van der Waals surface area contributed by atoms with Crippen LogP contribution in [0.25, 0.3) is 0 Å². The molecule has 1 aromatic carbocycles. The molecule has 2 amide bonds. The van der Waals surface area contributed by atoms with Gasteiger partial charge in [-0.3, -0.25) is 0 Å². The third-order valence-corrected chi connectivity index (χ3v) is 5.47. The lowest BCUT2D eigenvalue weighted by molar-refractivity contribution is 0.174. The van der Waals surface area contributed by atoms with E-state index < -0.39 is 0 Å². The van der Waals surface area contributed by atoms with E-state index in [1.807, 2.05) is 17.0 Å². The molecule has 2 heterocycles. The topological polar surface area (TPSA) is 54.0 Å². The van der Waals surface area contributed by atoms with E-state index in [0.29, 0.717) is 12.8 Å². The molecule has 136 valence electrons. The molecule has 1 aromatic rings. The molecule has 1 aliphatic carbocycles. The van der Waals surface area contributed by atoms with Gasteiger partial charge in [0.05, 0.1) is 0 Å². The average Bonchev–Trinajstić information content (AvgIpc) is 2.97. The van der Waals surface area contributed by atoms with E-state index in [2.05, 4.69) is 16.3 Å². The van der Waals surface area contributed by atoms with Crippen molar-refractivity contribution in [2.45, 2.75) is 44.6 Å². The van der Waals surface area contributed by atoms with E-state index in [1.165, 1.54) is 25.7 Å². The molecule has 0 unspecified atom stereocenters. The van der Waals surface area contributed by atoms with Crippen LogP contribution in [0.5, 0.6) is 11.5 Å². The summed E-state index contributed by atoms with van der Waals surface area (Å²) in [7, 11) is 0. The number of urea groups is 1. The average molecular weight is 345 g/mol. The van der Waals surface area contributed by atoms with Crippen molar-refractivity contribution in [2.24, 2.45) is 0 Å². The number of fused-ring (bicyclic) bond motifs is 1. The van der Waals surface area contributed by atoms with Gasteiger partial charge in [0.1, 0.15) is 0 Å². The van der Waals surface area contributed by atoms with Crippen LogP contribution < -0.4 is 19.7 Å². The highest BCUT2D eigenvalue weighted by atomic mass is 16.7. The van der Waals surface area contributed by atoms with Gasteiger partial charge >= 0.3 is 6.03 Å². The van der Waals surface area contributed by atoms with Gasteiger partial charge in [-0.1, -0.05) is 25.7 Å². The molecule has 25 heavy (non-hydrogen) atoms. The zero-order valence-electron chi connectivity index (χ0n) is 14.7. The van der Waals surface area contributed by atoms with Crippen LogP contribution in [0, 0.1) is 0 Å².